The first-order valence-corrected chi connectivity index (χ1v) is 9.10. The van der Waals surface area contributed by atoms with Crippen molar-refractivity contribution in [3.63, 3.8) is 0 Å². The fraction of sp³-hybridized carbons (Fsp3) is 0.450. The molecule has 1 aliphatic rings. The predicted molar refractivity (Wildman–Crippen MR) is 98.0 cm³/mol. The van der Waals surface area contributed by atoms with E-state index in [1.165, 1.54) is 50.6 Å². The van der Waals surface area contributed by atoms with E-state index in [0.29, 0.717) is 24.4 Å². The summed E-state index contributed by atoms with van der Waals surface area (Å²) in [4.78, 5) is 14.6. The number of hydrogen-bond acceptors (Lipinski definition) is 4. The Balaban J connectivity index is 1.49. The molecule has 0 spiro atoms. The molecule has 1 amide bonds. The molecular formula is C20H27N3O2. The Morgan fingerprint density at radius 1 is 1.08 bits per heavy atom. The molecular weight excluding hydrogens is 314 g/mol. The normalized spacial score (nSPS) is 15.7. The average Bonchev–Trinajstić information content (AvgIpc) is 2.99. The van der Waals surface area contributed by atoms with Crippen molar-refractivity contribution < 1.29 is 9.21 Å². The average molecular weight is 341 g/mol. The first kappa shape index (κ1) is 17.7. The number of likely N-dealkylation sites (tertiary alicyclic amines) is 1. The number of furan rings is 1. The lowest BCUT2D eigenvalue weighted by molar-refractivity contribution is 0.0950. The van der Waals surface area contributed by atoms with Crippen LogP contribution >= 0.6 is 0 Å². The summed E-state index contributed by atoms with van der Waals surface area (Å²) < 4.78 is 5.19. The van der Waals surface area contributed by atoms with Gasteiger partial charge in [-0.1, -0.05) is 37.1 Å². The first-order chi connectivity index (χ1) is 12.2. The van der Waals surface area contributed by atoms with Crippen LogP contribution in [0.15, 0.2) is 41.0 Å². The highest BCUT2D eigenvalue weighted by molar-refractivity contribution is 5.93. The van der Waals surface area contributed by atoms with E-state index in [4.69, 9.17) is 10.2 Å². The van der Waals surface area contributed by atoms with Gasteiger partial charge in [-0.3, -0.25) is 9.69 Å². The smallest absolute Gasteiger partial charge is 0.254 e. The minimum atomic E-state index is -0.142. The second kappa shape index (κ2) is 8.83. The number of nitrogens with zero attached hydrogens (tertiary/aromatic N) is 1. The summed E-state index contributed by atoms with van der Waals surface area (Å²) in [6.07, 6.45) is 6.78. The molecule has 3 rings (SSSR count). The lowest BCUT2D eigenvalue weighted by Crippen LogP contribution is -2.24. The van der Waals surface area contributed by atoms with Crippen LogP contribution in [-0.4, -0.2) is 23.9 Å². The van der Waals surface area contributed by atoms with E-state index in [9.17, 15) is 4.79 Å². The molecule has 1 fully saturated rings. The number of hydrogen-bond donors (Lipinski definition) is 2. The number of carbonyl (C=O) groups excluding carboxylic acids is 1. The highest BCUT2D eigenvalue weighted by Crippen LogP contribution is 2.14. The van der Waals surface area contributed by atoms with Crippen LogP contribution in [0.1, 0.15) is 52.9 Å². The van der Waals surface area contributed by atoms with Crippen molar-refractivity contribution >= 4 is 5.91 Å². The van der Waals surface area contributed by atoms with Gasteiger partial charge in [0, 0.05) is 13.1 Å². The maximum Gasteiger partial charge on any atom is 0.254 e. The van der Waals surface area contributed by atoms with Gasteiger partial charge < -0.3 is 15.5 Å². The summed E-state index contributed by atoms with van der Waals surface area (Å²) in [5, 5.41) is 2.91. The van der Waals surface area contributed by atoms with Crippen LogP contribution in [0.25, 0.3) is 0 Å². The van der Waals surface area contributed by atoms with Crippen LogP contribution in [-0.2, 0) is 19.6 Å². The van der Waals surface area contributed by atoms with Crippen molar-refractivity contribution in [3.05, 3.63) is 59.0 Å². The van der Waals surface area contributed by atoms with Gasteiger partial charge in [-0.25, -0.2) is 0 Å². The molecule has 0 atom stereocenters. The van der Waals surface area contributed by atoms with E-state index >= 15 is 0 Å². The van der Waals surface area contributed by atoms with Gasteiger partial charge in [0.2, 0.25) is 0 Å². The third-order valence-corrected chi connectivity index (χ3v) is 4.70. The van der Waals surface area contributed by atoms with Crippen molar-refractivity contribution in [2.45, 2.75) is 45.3 Å². The molecule has 0 radical (unpaired) electrons. The van der Waals surface area contributed by atoms with Gasteiger partial charge in [-0.2, -0.15) is 0 Å². The number of rotatable bonds is 6. The van der Waals surface area contributed by atoms with E-state index in [0.717, 1.165) is 12.1 Å². The Morgan fingerprint density at radius 2 is 1.76 bits per heavy atom. The second-order valence-electron chi connectivity index (χ2n) is 6.70. The van der Waals surface area contributed by atoms with Gasteiger partial charge in [-0.05, 0) is 43.1 Å². The van der Waals surface area contributed by atoms with Crippen molar-refractivity contribution in [3.8, 4) is 0 Å². The van der Waals surface area contributed by atoms with Gasteiger partial charge in [0.1, 0.15) is 12.0 Å². The fourth-order valence-corrected chi connectivity index (χ4v) is 3.21. The predicted octanol–water partition coefficient (Wildman–Crippen LogP) is 3.04. The number of nitrogens with two attached hydrogens (primary N) is 1. The highest BCUT2D eigenvalue weighted by Gasteiger charge is 2.11. The highest BCUT2D eigenvalue weighted by atomic mass is 16.3. The monoisotopic (exact) mass is 341 g/mol. The Hall–Kier alpha value is -2.11. The third kappa shape index (κ3) is 5.18. The Morgan fingerprint density at radius 3 is 2.40 bits per heavy atom. The maximum atomic E-state index is 12.1. The van der Waals surface area contributed by atoms with Crippen LogP contribution < -0.4 is 11.1 Å². The summed E-state index contributed by atoms with van der Waals surface area (Å²) in [5.41, 5.74) is 8.43. The molecule has 2 heterocycles. The molecule has 0 bridgehead atoms. The van der Waals surface area contributed by atoms with Crippen LogP contribution in [0.2, 0.25) is 0 Å². The molecule has 1 saturated heterocycles. The summed E-state index contributed by atoms with van der Waals surface area (Å²) in [5.74, 6) is 0.472. The van der Waals surface area contributed by atoms with Crippen LogP contribution in [0.3, 0.4) is 0 Å². The molecule has 2 aromatic rings. The molecule has 5 heteroatoms. The van der Waals surface area contributed by atoms with Crippen molar-refractivity contribution in [2.24, 2.45) is 5.73 Å². The van der Waals surface area contributed by atoms with Crippen LogP contribution in [0.4, 0.5) is 0 Å². The molecule has 1 aliphatic heterocycles. The summed E-state index contributed by atoms with van der Waals surface area (Å²) in [6, 6.07) is 10.2. The summed E-state index contributed by atoms with van der Waals surface area (Å²) in [6.45, 7) is 4.22. The van der Waals surface area contributed by atoms with Gasteiger partial charge >= 0.3 is 0 Å². The minimum Gasteiger partial charge on any atom is -0.467 e. The molecule has 25 heavy (non-hydrogen) atoms. The topological polar surface area (TPSA) is 71.5 Å². The minimum absolute atomic E-state index is 0.142. The zero-order valence-corrected chi connectivity index (χ0v) is 14.7. The number of benzene rings is 1. The molecule has 3 N–H and O–H groups in total. The van der Waals surface area contributed by atoms with E-state index in [2.05, 4.69) is 34.5 Å². The van der Waals surface area contributed by atoms with Crippen LogP contribution in [0, 0.1) is 0 Å². The number of amides is 1. The van der Waals surface area contributed by atoms with E-state index < -0.39 is 0 Å². The summed E-state index contributed by atoms with van der Waals surface area (Å²) in [7, 11) is 0. The standard InChI is InChI=1S/C20H27N3O2/c21-12-19-11-18(15-25-19)20(24)22-13-16-5-7-17(8-6-16)14-23-9-3-1-2-4-10-23/h5-8,11,15H,1-4,9-10,12-14,21H2,(H,22,24). The van der Waals surface area contributed by atoms with E-state index in [1.807, 2.05) is 0 Å². The molecule has 0 saturated carbocycles. The van der Waals surface area contributed by atoms with Gasteiger partial charge in [-0.15, -0.1) is 0 Å². The molecule has 5 nitrogen and oxygen atoms in total. The Bertz CT molecular complexity index is 671. The van der Waals surface area contributed by atoms with Crippen molar-refractivity contribution in [1.29, 1.82) is 0 Å². The largest absolute Gasteiger partial charge is 0.467 e. The van der Waals surface area contributed by atoms with Gasteiger partial charge in [0.25, 0.3) is 5.91 Å². The van der Waals surface area contributed by atoms with Crippen molar-refractivity contribution in [2.75, 3.05) is 13.1 Å². The van der Waals surface area contributed by atoms with Gasteiger partial charge in [0.05, 0.1) is 12.1 Å². The molecule has 1 aromatic carbocycles. The van der Waals surface area contributed by atoms with Crippen LogP contribution in [0.5, 0.6) is 0 Å². The Kier molecular flexibility index (Phi) is 6.25. The second-order valence-corrected chi connectivity index (χ2v) is 6.70. The van der Waals surface area contributed by atoms with Gasteiger partial charge in [0.15, 0.2) is 0 Å². The molecule has 0 aliphatic carbocycles. The zero-order chi connectivity index (χ0) is 17.5. The zero-order valence-electron chi connectivity index (χ0n) is 14.7. The fourth-order valence-electron chi connectivity index (χ4n) is 3.21. The molecule has 1 aromatic heterocycles. The van der Waals surface area contributed by atoms with Crippen molar-refractivity contribution in [1.82, 2.24) is 10.2 Å². The maximum absolute atomic E-state index is 12.1. The number of nitrogens with one attached hydrogen (secondary N) is 1. The SMILES string of the molecule is NCc1cc(C(=O)NCc2ccc(CN3CCCCCC3)cc2)co1. The summed E-state index contributed by atoms with van der Waals surface area (Å²) >= 11 is 0. The Labute approximate surface area is 149 Å². The van der Waals surface area contributed by atoms with E-state index in [-0.39, 0.29) is 5.91 Å². The van der Waals surface area contributed by atoms with E-state index in [1.54, 1.807) is 6.07 Å². The number of carbonyl (C=O) groups is 1. The third-order valence-electron chi connectivity index (χ3n) is 4.70. The molecule has 0 unspecified atom stereocenters. The first-order valence-electron chi connectivity index (χ1n) is 9.10. The lowest BCUT2D eigenvalue weighted by Gasteiger charge is -2.19. The lowest BCUT2D eigenvalue weighted by atomic mass is 10.1. The molecule has 134 valence electrons. The quantitative estimate of drug-likeness (QED) is 0.847.